The van der Waals surface area contributed by atoms with Gasteiger partial charge in [0.2, 0.25) is 0 Å². The highest BCUT2D eigenvalue weighted by atomic mass is 16.5. The third-order valence-corrected chi connectivity index (χ3v) is 4.03. The minimum absolute atomic E-state index is 0.156. The van der Waals surface area contributed by atoms with Crippen molar-refractivity contribution in [1.29, 1.82) is 0 Å². The summed E-state index contributed by atoms with van der Waals surface area (Å²) in [7, 11) is 1.69. The van der Waals surface area contributed by atoms with Gasteiger partial charge in [-0.15, -0.1) is 0 Å². The molecule has 2 rings (SSSR count). The highest BCUT2D eigenvalue weighted by Gasteiger charge is 2.19. The maximum atomic E-state index is 12.6. The van der Waals surface area contributed by atoms with Crippen molar-refractivity contribution in [2.45, 2.75) is 26.3 Å². The maximum absolute atomic E-state index is 12.6. The molecule has 0 aliphatic heterocycles. The van der Waals surface area contributed by atoms with E-state index in [4.69, 9.17) is 4.74 Å². The molecule has 0 amide bonds. The van der Waals surface area contributed by atoms with Gasteiger partial charge in [-0.2, -0.15) is 0 Å². The first-order valence-corrected chi connectivity index (χ1v) is 7.49. The van der Waals surface area contributed by atoms with Crippen molar-refractivity contribution >= 4 is 16.7 Å². The number of hydrogen-bond acceptors (Lipinski definition) is 3. The molecule has 1 heterocycles. The number of methoxy groups -OCH3 is 1. The summed E-state index contributed by atoms with van der Waals surface area (Å²) in [4.78, 5) is 18.0. The molecule has 2 aromatic rings. The number of ketones is 1. The van der Waals surface area contributed by atoms with Gasteiger partial charge in [0, 0.05) is 42.4 Å². The van der Waals surface area contributed by atoms with E-state index in [9.17, 15) is 4.79 Å². The number of nitrogens with zero attached hydrogens (tertiary/aromatic N) is 1. The Labute approximate surface area is 126 Å². The third-order valence-electron chi connectivity index (χ3n) is 4.03. The molecule has 0 bridgehead atoms. The highest BCUT2D eigenvalue weighted by Crippen LogP contribution is 2.19. The van der Waals surface area contributed by atoms with Crippen LogP contribution < -0.4 is 0 Å². The van der Waals surface area contributed by atoms with Crippen molar-refractivity contribution < 1.29 is 9.53 Å². The van der Waals surface area contributed by atoms with Gasteiger partial charge in [-0.1, -0.05) is 25.1 Å². The van der Waals surface area contributed by atoms with Gasteiger partial charge in [-0.05, 0) is 19.4 Å². The summed E-state index contributed by atoms with van der Waals surface area (Å²) in [5.74, 6) is 0.156. The first kappa shape index (κ1) is 15.7. The number of para-hydroxylation sites is 1. The van der Waals surface area contributed by atoms with Crippen molar-refractivity contribution in [3.63, 3.8) is 0 Å². The zero-order valence-electron chi connectivity index (χ0n) is 13.1. The smallest absolute Gasteiger partial charge is 0.178 e. The number of ether oxygens (including phenoxy) is 1. The van der Waals surface area contributed by atoms with E-state index in [0.29, 0.717) is 19.2 Å². The van der Waals surface area contributed by atoms with E-state index < -0.39 is 0 Å². The minimum Gasteiger partial charge on any atom is -0.383 e. The van der Waals surface area contributed by atoms with E-state index in [1.165, 1.54) is 0 Å². The Kier molecular flexibility index (Phi) is 5.53. The van der Waals surface area contributed by atoms with E-state index >= 15 is 0 Å². The number of nitrogens with one attached hydrogen (secondary N) is 1. The Hall–Kier alpha value is -1.65. The van der Waals surface area contributed by atoms with Crippen LogP contribution in [0.5, 0.6) is 0 Å². The van der Waals surface area contributed by atoms with E-state index in [0.717, 1.165) is 29.4 Å². The molecule has 1 aromatic carbocycles. The van der Waals surface area contributed by atoms with Gasteiger partial charge in [-0.25, -0.2) is 0 Å². The number of fused-ring (bicyclic) bond motifs is 1. The predicted molar refractivity (Wildman–Crippen MR) is 85.8 cm³/mol. The number of aromatic amines is 1. The molecule has 1 N–H and O–H groups in total. The normalized spacial score (nSPS) is 13.0. The molecule has 0 saturated heterocycles. The number of carbonyl (C=O) groups excluding carboxylic acids is 1. The van der Waals surface area contributed by atoms with Crippen LogP contribution in [0.2, 0.25) is 0 Å². The Morgan fingerprint density at radius 2 is 2.14 bits per heavy atom. The summed E-state index contributed by atoms with van der Waals surface area (Å²) in [6, 6.07) is 8.28. The molecule has 114 valence electrons. The molecule has 0 spiro atoms. The number of H-pyrrole nitrogens is 1. The van der Waals surface area contributed by atoms with Gasteiger partial charge in [0.25, 0.3) is 0 Å². The standard InChI is InChI=1S/C17H24N2O2/c1-4-13(2)19(9-10-21-3)12-17(20)15-11-18-16-8-6-5-7-14(15)16/h5-8,11,13,18H,4,9-10,12H2,1-3H3. The van der Waals surface area contributed by atoms with E-state index in [2.05, 4.69) is 23.7 Å². The van der Waals surface area contributed by atoms with E-state index in [1.807, 2.05) is 30.5 Å². The molecule has 4 heteroatoms. The Morgan fingerprint density at radius 1 is 1.38 bits per heavy atom. The van der Waals surface area contributed by atoms with Crippen molar-refractivity contribution in [3.05, 3.63) is 36.0 Å². The van der Waals surface area contributed by atoms with Crippen LogP contribution in [-0.2, 0) is 4.74 Å². The van der Waals surface area contributed by atoms with Crippen LogP contribution in [0.15, 0.2) is 30.5 Å². The zero-order valence-corrected chi connectivity index (χ0v) is 13.1. The van der Waals surface area contributed by atoms with Gasteiger partial charge < -0.3 is 9.72 Å². The molecule has 4 nitrogen and oxygen atoms in total. The summed E-state index contributed by atoms with van der Waals surface area (Å²) in [5.41, 5.74) is 1.78. The summed E-state index contributed by atoms with van der Waals surface area (Å²) in [5, 5.41) is 0.998. The first-order valence-electron chi connectivity index (χ1n) is 7.49. The predicted octanol–water partition coefficient (Wildman–Crippen LogP) is 3.10. The number of Topliss-reactive ketones (excluding diaryl/α,β-unsaturated/α-hetero) is 1. The molecule has 1 atom stereocenters. The summed E-state index contributed by atoms with van der Waals surface area (Å²) < 4.78 is 5.15. The van der Waals surface area contributed by atoms with E-state index in [1.54, 1.807) is 7.11 Å². The minimum atomic E-state index is 0.156. The molecule has 21 heavy (non-hydrogen) atoms. The molecule has 0 radical (unpaired) electrons. The lowest BCUT2D eigenvalue weighted by molar-refractivity contribution is 0.0836. The zero-order chi connectivity index (χ0) is 15.2. The fourth-order valence-electron chi connectivity index (χ4n) is 2.49. The molecule has 0 aliphatic carbocycles. The van der Waals surface area contributed by atoms with Gasteiger partial charge in [-0.3, -0.25) is 9.69 Å². The Morgan fingerprint density at radius 3 is 2.86 bits per heavy atom. The summed E-state index contributed by atoms with van der Waals surface area (Å²) in [6.45, 7) is 6.14. The van der Waals surface area contributed by atoms with Crippen LogP contribution in [0.4, 0.5) is 0 Å². The molecule has 0 fully saturated rings. The second-order valence-electron chi connectivity index (χ2n) is 5.39. The molecular formula is C17H24N2O2. The molecule has 1 unspecified atom stereocenters. The third kappa shape index (κ3) is 3.71. The van der Waals surface area contributed by atoms with Gasteiger partial charge in [0.15, 0.2) is 5.78 Å². The van der Waals surface area contributed by atoms with E-state index in [-0.39, 0.29) is 5.78 Å². The van der Waals surface area contributed by atoms with Crippen molar-refractivity contribution in [1.82, 2.24) is 9.88 Å². The lowest BCUT2D eigenvalue weighted by atomic mass is 10.1. The second kappa shape index (κ2) is 7.38. The topological polar surface area (TPSA) is 45.3 Å². The molecule has 0 saturated carbocycles. The average molecular weight is 288 g/mol. The maximum Gasteiger partial charge on any atom is 0.178 e. The largest absolute Gasteiger partial charge is 0.383 e. The van der Waals surface area contributed by atoms with Crippen molar-refractivity contribution in [2.75, 3.05) is 26.8 Å². The van der Waals surface area contributed by atoms with Crippen molar-refractivity contribution in [3.8, 4) is 0 Å². The highest BCUT2D eigenvalue weighted by molar-refractivity contribution is 6.08. The SMILES string of the molecule is CCC(C)N(CCOC)CC(=O)c1c[nH]c2ccccc12. The lowest BCUT2D eigenvalue weighted by Crippen LogP contribution is -2.39. The first-order chi connectivity index (χ1) is 10.2. The molecule has 1 aromatic heterocycles. The van der Waals surface area contributed by atoms with Crippen LogP contribution in [0.3, 0.4) is 0 Å². The van der Waals surface area contributed by atoms with Gasteiger partial charge in [0.05, 0.1) is 13.2 Å². The molecular weight excluding hydrogens is 264 g/mol. The number of aromatic nitrogens is 1. The summed E-state index contributed by atoms with van der Waals surface area (Å²) in [6.07, 6.45) is 2.84. The Bertz CT molecular complexity index is 591. The summed E-state index contributed by atoms with van der Waals surface area (Å²) >= 11 is 0. The molecule has 0 aliphatic rings. The Balaban J connectivity index is 2.14. The van der Waals surface area contributed by atoms with Gasteiger partial charge >= 0.3 is 0 Å². The number of carbonyl (C=O) groups is 1. The fourth-order valence-corrected chi connectivity index (χ4v) is 2.49. The van der Waals surface area contributed by atoms with Gasteiger partial charge in [0.1, 0.15) is 0 Å². The van der Waals surface area contributed by atoms with Crippen LogP contribution in [0, 0.1) is 0 Å². The number of benzene rings is 1. The fraction of sp³-hybridized carbons (Fsp3) is 0.471. The van der Waals surface area contributed by atoms with Crippen LogP contribution in [-0.4, -0.2) is 48.5 Å². The van der Waals surface area contributed by atoms with Crippen LogP contribution in [0.1, 0.15) is 30.6 Å². The van der Waals surface area contributed by atoms with Crippen molar-refractivity contribution in [2.24, 2.45) is 0 Å². The second-order valence-corrected chi connectivity index (χ2v) is 5.39. The quantitative estimate of drug-likeness (QED) is 0.759. The average Bonchev–Trinajstić information content (AvgIpc) is 2.94. The number of rotatable bonds is 8. The lowest BCUT2D eigenvalue weighted by Gasteiger charge is -2.27. The number of hydrogen-bond donors (Lipinski definition) is 1. The van der Waals surface area contributed by atoms with Crippen LogP contribution >= 0.6 is 0 Å². The monoisotopic (exact) mass is 288 g/mol. The van der Waals surface area contributed by atoms with Crippen LogP contribution in [0.25, 0.3) is 10.9 Å².